The first kappa shape index (κ1) is 13.0. The Morgan fingerprint density at radius 1 is 1.56 bits per heavy atom. The van der Waals surface area contributed by atoms with Gasteiger partial charge in [-0.3, -0.25) is 4.79 Å². The molecule has 92 valence electrons. The Morgan fingerprint density at radius 2 is 2.19 bits per heavy atom. The van der Waals surface area contributed by atoms with E-state index in [1.807, 2.05) is 0 Å². The zero-order valence-electron chi connectivity index (χ0n) is 10.0. The van der Waals surface area contributed by atoms with Gasteiger partial charge in [-0.2, -0.15) is 0 Å². The molecule has 1 aliphatic heterocycles. The number of hydrogen-bond donors (Lipinski definition) is 1. The van der Waals surface area contributed by atoms with Crippen LogP contribution in [0, 0.1) is 0 Å². The van der Waals surface area contributed by atoms with Gasteiger partial charge in [-0.25, -0.2) is 4.79 Å². The number of carboxylic acids is 1. The van der Waals surface area contributed by atoms with Crippen molar-refractivity contribution in [1.29, 1.82) is 0 Å². The van der Waals surface area contributed by atoms with E-state index in [1.165, 1.54) is 12.0 Å². The summed E-state index contributed by atoms with van der Waals surface area (Å²) in [7, 11) is 1.45. The molecule has 0 aliphatic carbocycles. The smallest absolute Gasteiger partial charge is 0.329 e. The van der Waals surface area contributed by atoms with Crippen LogP contribution in [0.25, 0.3) is 0 Å². The molecule has 0 aromatic rings. The Balaban J connectivity index is 2.94. The predicted molar refractivity (Wildman–Crippen MR) is 58.1 cm³/mol. The SMILES string of the molecule is CCC1(C(=O)O)CCCN1C(=O)C(C)OC. The third-order valence-electron chi connectivity index (χ3n) is 3.44. The number of likely N-dealkylation sites (tertiary alicyclic amines) is 1. The maximum absolute atomic E-state index is 12.0. The Morgan fingerprint density at radius 3 is 2.62 bits per heavy atom. The second-order valence-corrected chi connectivity index (χ2v) is 4.16. The molecule has 1 amide bonds. The summed E-state index contributed by atoms with van der Waals surface area (Å²) in [5, 5.41) is 9.30. The third-order valence-corrected chi connectivity index (χ3v) is 3.44. The average Bonchev–Trinajstić information content (AvgIpc) is 2.71. The second kappa shape index (κ2) is 4.82. The van der Waals surface area contributed by atoms with E-state index >= 15 is 0 Å². The first-order chi connectivity index (χ1) is 7.49. The summed E-state index contributed by atoms with van der Waals surface area (Å²) < 4.78 is 4.96. The van der Waals surface area contributed by atoms with Crippen LogP contribution in [0.3, 0.4) is 0 Å². The summed E-state index contributed by atoms with van der Waals surface area (Å²) in [6.07, 6.45) is 1.12. The van der Waals surface area contributed by atoms with Gasteiger partial charge in [0.05, 0.1) is 0 Å². The zero-order chi connectivity index (χ0) is 12.3. The molecular formula is C11H19NO4. The van der Waals surface area contributed by atoms with Crippen LogP contribution in [-0.2, 0) is 14.3 Å². The van der Waals surface area contributed by atoms with Crippen LogP contribution in [0.2, 0.25) is 0 Å². The molecule has 0 radical (unpaired) electrons. The number of rotatable bonds is 4. The lowest BCUT2D eigenvalue weighted by atomic mass is 9.92. The van der Waals surface area contributed by atoms with E-state index in [9.17, 15) is 14.7 Å². The number of amides is 1. The number of ether oxygens (including phenoxy) is 1. The highest BCUT2D eigenvalue weighted by molar-refractivity contribution is 5.89. The van der Waals surface area contributed by atoms with Crippen LogP contribution in [0.5, 0.6) is 0 Å². The molecule has 1 heterocycles. The maximum Gasteiger partial charge on any atom is 0.329 e. The fourth-order valence-electron chi connectivity index (χ4n) is 2.26. The number of carbonyl (C=O) groups excluding carboxylic acids is 1. The minimum Gasteiger partial charge on any atom is -0.479 e. The van der Waals surface area contributed by atoms with Crippen molar-refractivity contribution < 1.29 is 19.4 Å². The summed E-state index contributed by atoms with van der Waals surface area (Å²) in [5.74, 6) is -1.14. The molecule has 1 aliphatic rings. The van der Waals surface area contributed by atoms with E-state index in [4.69, 9.17) is 4.74 Å². The van der Waals surface area contributed by atoms with Gasteiger partial charge in [-0.15, -0.1) is 0 Å². The Hall–Kier alpha value is -1.10. The number of nitrogens with zero attached hydrogens (tertiary/aromatic N) is 1. The van der Waals surface area contributed by atoms with Crippen LogP contribution >= 0.6 is 0 Å². The van der Waals surface area contributed by atoms with E-state index in [2.05, 4.69) is 0 Å². The largest absolute Gasteiger partial charge is 0.479 e. The molecule has 0 aromatic heterocycles. The van der Waals surface area contributed by atoms with Gasteiger partial charge in [0, 0.05) is 13.7 Å². The van der Waals surface area contributed by atoms with Crippen LogP contribution < -0.4 is 0 Å². The summed E-state index contributed by atoms with van der Waals surface area (Å²) in [6, 6.07) is 0. The van der Waals surface area contributed by atoms with Crippen molar-refractivity contribution in [3.05, 3.63) is 0 Å². The molecule has 1 rings (SSSR count). The molecule has 2 atom stereocenters. The van der Waals surface area contributed by atoms with Gasteiger partial charge in [0.25, 0.3) is 5.91 Å². The fourth-order valence-corrected chi connectivity index (χ4v) is 2.26. The summed E-state index contributed by atoms with van der Waals surface area (Å²) in [5.41, 5.74) is -1.02. The quantitative estimate of drug-likeness (QED) is 0.777. The lowest BCUT2D eigenvalue weighted by molar-refractivity contribution is -0.160. The predicted octanol–water partition coefficient (Wildman–Crippen LogP) is 0.877. The molecule has 16 heavy (non-hydrogen) atoms. The molecule has 0 saturated carbocycles. The van der Waals surface area contributed by atoms with Gasteiger partial charge < -0.3 is 14.7 Å². The van der Waals surface area contributed by atoms with E-state index in [0.717, 1.165) is 6.42 Å². The van der Waals surface area contributed by atoms with Crippen LogP contribution in [0.4, 0.5) is 0 Å². The van der Waals surface area contributed by atoms with E-state index in [0.29, 0.717) is 19.4 Å². The van der Waals surface area contributed by atoms with Gasteiger partial charge in [-0.1, -0.05) is 6.92 Å². The van der Waals surface area contributed by atoms with E-state index < -0.39 is 17.6 Å². The standard InChI is InChI=1S/C11H19NO4/c1-4-11(10(14)15)6-5-7-12(11)9(13)8(2)16-3/h8H,4-7H2,1-3H3,(H,14,15). The number of aliphatic carboxylic acids is 1. The summed E-state index contributed by atoms with van der Waals surface area (Å²) in [6.45, 7) is 3.95. The lowest BCUT2D eigenvalue weighted by Gasteiger charge is -2.35. The highest BCUT2D eigenvalue weighted by atomic mass is 16.5. The maximum atomic E-state index is 12.0. The minimum absolute atomic E-state index is 0.232. The van der Waals surface area contributed by atoms with Crippen molar-refractivity contribution in [2.24, 2.45) is 0 Å². The molecule has 1 N–H and O–H groups in total. The van der Waals surface area contributed by atoms with Gasteiger partial charge in [0.1, 0.15) is 11.6 Å². The van der Waals surface area contributed by atoms with Crippen molar-refractivity contribution >= 4 is 11.9 Å². The third kappa shape index (κ3) is 1.91. The first-order valence-corrected chi connectivity index (χ1v) is 5.57. The van der Waals surface area contributed by atoms with Crippen molar-refractivity contribution in [2.45, 2.75) is 44.8 Å². The molecule has 2 unspecified atom stereocenters. The molecule has 5 heteroatoms. The highest BCUT2D eigenvalue weighted by Crippen LogP contribution is 2.33. The molecule has 1 fully saturated rings. The van der Waals surface area contributed by atoms with Gasteiger partial charge in [0.15, 0.2) is 0 Å². The first-order valence-electron chi connectivity index (χ1n) is 5.57. The Labute approximate surface area is 95.4 Å². The van der Waals surface area contributed by atoms with Crippen LogP contribution in [0.1, 0.15) is 33.1 Å². The topological polar surface area (TPSA) is 66.8 Å². The fraction of sp³-hybridized carbons (Fsp3) is 0.818. The average molecular weight is 229 g/mol. The van der Waals surface area contributed by atoms with Crippen LogP contribution in [0.15, 0.2) is 0 Å². The van der Waals surface area contributed by atoms with E-state index in [1.54, 1.807) is 13.8 Å². The van der Waals surface area contributed by atoms with Crippen molar-refractivity contribution in [3.8, 4) is 0 Å². The van der Waals surface area contributed by atoms with Crippen molar-refractivity contribution in [2.75, 3.05) is 13.7 Å². The monoisotopic (exact) mass is 229 g/mol. The molecule has 5 nitrogen and oxygen atoms in total. The van der Waals surface area contributed by atoms with Crippen molar-refractivity contribution in [1.82, 2.24) is 4.90 Å². The second-order valence-electron chi connectivity index (χ2n) is 4.16. The highest BCUT2D eigenvalue weighted by Gasteiger charge is 2.49. The van der Waals surface area contributed by atoms with Crippen molar-refractivity contribution in [3.63, 3.8) is 0 Å². The molecule has 0 spiro atoms. The minimum atomic E-state index is -1.02. The Kier molecular flexibility index (Phi) is 3.91. The number of methoxy groups -OCH3 is 1. The summed E-state index contributed by atoms with van der Waals surface area (Å²) in [4.78, 5) is 24.8. The summed E-state index contributed by atoms with van der Waals surface area (Å²) >= 11 is 0. The van der Waals surface area contributed by atoms with Gasteiger partial charge in [-0.05, 0) is 26.2 Å². The van der Waals surface area contributed by atoms with Gasteiger partial charge >= 0.3 is 5.97 Å². The molecular weight excluding hydrogens is 210 g/mol. The van der Waals surface area contributed by atoms with Crippen LogP contribution in [-0.4, -0.2) is 47.2 Å². The molecule has 0 aromatic carbocycles. The molecule has 0 bridgehead atoms. The Bertz CT molecular complexity index is 292. The molecule has 1 saturated heterocycles. The normalized spacial score (nSPS) is 26.8. The lowest BCUT2D eigenvalue weighted by Crippen LogP contribution is -2.55. The van der Waals surface area contributed by atoms with E-state index in [-0.39, 0.29) is 5.91 Å². The number of carboxylic acid groups (broad SMARTS) is 1. The zero-order valence-corrected chi connectivity index (χ0v) is 10.0. The number of hydrogen-bond acceptors (Lipinski definition) is 3. The van der Waals surface area contributed by atoms with Gasteiger partial charge in [0.2, 0.25) is 0 Å². The number of carbonyl (C=O) groups is 2.